The molecule has 10 heteroatoms. The minimum atomic E-state index is -1.18. The summed E-state index contributed by atoms with van der Waals surface area (Å²) in [6.45, 7) is -0.381. The number of anilines is 1. The minimum absolute atomic E-state index is 0.381. The van der Waals surface area contributed by atoms with Gasteiger partial charge in [0.2, 0.25) is 0 Å². The molecule has 0 saturated carbocycles. The first-order valence-electron chi connectivity index (χ1n) is 6.69. The number of nitrogens with zero attached hydrogens (tertiary/aromatic N) is 4. The Labute approximate surface area is 130 Å². The zero-order valence-electron chi connectivity index (χ0n) is 12.0. The highest BCUT2D eigenvalue weighted by atomic mass is 32.2. The van der Waals surface area contributed by atoms with E-state index in [-0.39, 0.29) is 6.61 Å². The number of ether oxygens (including phenoxy) is 1. The number of imidazole rings is 1. The predicted molar refractivity (Wildman–Crippen MR) is 79.7 cm³/mol. The average molecular weight is 327 g/mol. The van der Waals surface area contributed by atoms with Gasteiger partial charge in [0.15, 0.2) is 28.4 Å². The summed E-state index contributed by atoms with van der Waals surface area (Å²) in [6.07, 6.45) is -0.730. The minimum Gasteiger partial charge on any atom is -0.394 e. The Morgan fingerprint density at radius 1 is 1.36 bits per heavy atom. The molecule has 2 aromatic heterocycles. The van der Waals surface area contributed by atoms with Gasteiger partial charge in [0.25, 0.3) is 0 Å². The number of aromatic nitrogens is 4. The highest BCUT2D eigenvalue weighted by Crippen LogP contribution is 2.32. The van der Waals surface area contributed by atoms with E-state index in [2.05, 4.69) is 20.3 Å². The standard InChI is InChI=1S/C12H17N5O4S/c1-13-9-6-10(16-12(15-9)22-2)17(4-14-6)11-8(20)7(19)5(3-18)21-11/h4-5,7-8,11,18-20H,3H2,1-2H3,(H,13,15,16)/t5-,7+,8+,11-/m1/s1. The maximum atomic E-state index is 10.1. The summed E-state index contributed by atoms with van der Waals surface area (Å²) < 4.78 is 7.06. The molecule has 1 fully saturated rings. The molecule has 22 heavy (non-hydrogen) atoms. The normalized spacial score (nSPS) is 28.4. The van der Waals surface area contributed by atoms with Crippen LogP contribution in [0.25, 0.3) is 11.2 Å². The lowest BCUT2D eigenvalue weighted by atomic mass is 10.1. The van der Waals surface area contributed by atoms with Gasteiger partial charge in [-0.2, -0.15) is 0 Å². The maximum Gasteiger partial charge on any atom is 0.191 e. The average Bonchev–Trinajstić information content (AvgIpc) is 3.08. The van der Waals surface area contributed by atoms with E-state index >= 15 is 0 Å². The van der Waals surface area contributed by atoms with Crippen LogP contribution in [0.4, 0.5) is 5.82 Å². The van der Waals surface area contributed by atoms with Crippen LogP contribution in [0, 0.1) is 0 Å². The molecule has 120 valence electrons. The highest BCUT2D eigenvalue weighted by molar-refractivity contribution is 7.98. The molecule has 0 unspecified atom stereocenters. The van der Waals surface area contributed by atoms with E-state index in [0.717, 1.165) is 0 Å². The lowest BCUT2D eigenvalue weighted by Crippen LogP contribution is -2.33. The van der Waals surface area contributed by atoms with Crippen LogP contribution in [0.3, 0.4) is 0 Å². The lowest BCUT2D eigenvalue weighted by Gasteiger charge is -2.16. The number of hydrogen-bond acceptors (Lipinski definition) is 9. The van der Waals surface area contributed by atoms with Crippen molar-refractivity contribution in [3.8, 4) is 0 Å². The van der Waals surface area contributed by atoms with Gasteiger partial charge in [-0.05, 0) is 6.26 Å². The van der Waals surface area contributed by atoms with Crippen molar-refractivity contribution in [2.75, 3.05) is 25.2 Å². The van der Waals surface area contributed by atoms with Crippen molar-refractivity contribution in [1.29, 1.82) is 0 Å². The Hall–Kier alpha value is -1.46. The van der Waals surface area contributed by atoms with E-state index in [1.54, 1.807) is 11.6 Å². The quantitative estimate of drug-likeness (QED) is 0.422. The third-order valence-electron chi connectivity index (χ3n) is 3.61. The first-order chi connectivity index (χ1) is 10.6. The molecule has 0 spiro atoms. The van der Waals surface area contributed by atoms with Crippen LogP contribution in [0.15, 0.2) is 11.5 Å². The van der Waals surface area contributed by atoms with Gasteiger partial charge in [0, 0.05) is 7.05 Å². The first-order valence-corrected chi connectivity index (χ1v) is 7.92. The molecule has 0 bridgehead atoms. The van der Waals surface area contributed by atoms with Gasteiger partial charge in [0.05, 0.1) is 12.9 Å². The molecule has 1 aliphatic heterocycles. The Morgan fingerprint density at radius 3 is 2.73 bits per heavy atom. The zero-order valence-corrected chi connectivity index (χ0v) is 12.9. The summed E-state index contributed by atoms with van der Waals surface area (Å²) in [4.78, 5) is 13.0. The van der Waals surface area contributed by atoms with Gasteiger partial charge in [-0.15, -0.1) is 0 Å². The Bertz CT molecular complexity index is 681. The molecule has 3 heterocycles. The molecular formula is C12H17N5O4S. The van der Waals surface area contributed by atoms with Crippen LogP contribution >= 0.6 is 11.8 Å². The van der Waals surface area contributed by atoms with Gasteiger partial charge in [0.1, 0.15) is 18.3 Å². The fourth-order valence-electron chi connectivity index (χ4n) is 2.46. The summed E-state index contributed by atoms with van der Waals surface area (Å²) in [5.41, 5.74) is 1.02. The van der Waals surface area contributed by atoms with Crippen molar-refractivity contribution >= 4 is 28.7 Å². The Balaban J connectivity index is 2.08. The smallest absolute Gasteiger partial charge is 0.191 e. The van der Waals surface area contributed by atoms with E-state index in [1.165, 1.54) is 18.1 Å². The van der Waals surface area contributed by atoms with E-state index in [9.17, 15) is 15.3 Å². The van der Waals surface area contributed by atoms with Crippen molar-refractivity contribution in [3.63, 3.8) is 0 Å². The topological polar surface area (TPSA) is 126 Å². The van der Waals surface area contributed by atoms with Gasteiger partial charge in [-0.3, -0.25) is 4.57 Å². The third kappa shape index (κ3) is 2.32. The van der Waals surface area contributed by atoms with Crippen LogP contribution in [0.5, 0.6) is 0 Å². The molecular weight excluding hydrogens is 310 g/mol. The van der Waals surface area contributed by atoms with Gasteiger partial charge in [-0.25, -0.2) is 15.0 Å². The molecule has 4 N–H and O–H groups in total. The lowest BCUT2D eigenvalue weighted by molar-refractivity contribution is -0.0511. The summed E-state index contributed by atoms with van der Waals surface area (Å²) >= 11 is 1.38. The van der Waals surface area contributed by atoms with Crippen molar-refractivity contribution in [2.24, 2.45) is 0 Å². The second-order valence-corrected chi connectivity index (χ2v) is 5.64. The van der Waals surface area contributed by atoms with Crippen molar-refractivity contribution in [2.45, 2.75) is 29.7 Å². The van der Waals surface area contributed by atoms with E-state index < -0.39 is 24.5 Å². The second-order valence-electron chi connectivity index (χ2n) is 4.86. The van der Waals surface area contributed by atoms with Gasteiger partial charge in [-0.1, -0.05) is 11.8 Å². The molecule has 3 rings (SSSR count). The largest absolute Gasteiger partial charge is 0.394 e. The number of rotatable bonds is 4. The zero-order chi connectivity index (χ0) is 15.9. The van der Waals surface area contributed by atoms with Crippen LogP contribution in [0.2, 0.25) is 0 Å². The highest BCUT2D eigenvalue weighted by Gasteiger charge is 2.44. The Morgan fingerprint density at radius 2 is 2.14 bits per heavy atom. The fourth-order valence-corrected chi connectivity index (χ4v) is 2.82. The van der Waals surface area contributed by atoms with Gasteiger partial charge < -0.3 is 25.4 Å². The number of hydrogen-bond donors (Lipinski definition) is 4. The number of nitrogens with one attached hydrogen (secondary N) is 1. The summed E-state index contributed by atoms with van der Waals surface area (Å²) in [7, 11) is 1.73. The van der Waals surface area contributed by atoms with E-state index in [1.807, 2.05) is 6.26 Å². The predicted octanol–water partition coefficient (Wildman–Crippen LogP) is -0.799. The fraction of sp³-hybridized carbons (Fsp3) is 0.583. The summed E-state index contributed by atoms with van der Waals surface area (Å²) in [6, 6.07) is 0. The van der Waals surface area contributed by atoms with Crippen LogP contribution in [-0.4, -0.2) is 73.1 Å². The molecule has 0 aromatic carbocycles. The van der Waals surface area contributed by atoms with Gasteiger partial charge >= 0.3 is 0 Å². The molecule has 1 saturated heterocycles. The van der Waals surface area contributed by atoms with E-state index in [0.29, 0.717) is 22.1 Å². The molecule has 0 radical (unpaired) electrons. The molecule has 1 aliphatic rings. The van der Waals surface area contributed by atoms with Crippen LogP contribution < -0.4 is 5.32 Å². The molecule has 4 atom stereocenters. The van der Waals surface area contributed by atoms with Crippen molar-refractivity contribution in [1.82, 2.24) is 19.5 Å². The number of fused-ring (bicyclic) bond motifs is 1. The SMILES string of the molecule is CNc1nc(SC)nc2c1ncn2[C@@H]1O[C@H](CO)[C@H](O)[C@@H]1O. The number of thioether (sulfide) groups is 1. The molecule has 0 amide bonds. The van der Waals surface area contributed by atoms with Crippen molar-refractivity contribution < 1.29 is 20.1 Å². The summed E-state index contributed by atoms with van der Waals surface area (Å²) in [5.74, 6) is 0.569. The monoisotopic (exact) mass is 327 g/mol. The van der Waals surface area contributed by atoms with E-state index in [4.69, 9.17) is 4.74 Å². The second kappa shape index (κ2) is 5.97. The Kier molecular flexibility index (Phi) is 4.19. The third-order valence-corrected chi connectivity index (χ3v) is 4.16. The van der Waals surface area contributed by atoms with Crippen LogP contribution in [0.1, 0.15) is 6.23 Å². The van der Waals surface area contributed by atoms with Crippen LogP contribution in [-0.2, 0) is 4.74 Å². The molecule has 2 aromatic rings. The number of aliphatic hydroxyl groups excluding tert-OH is 3. The number of aliphatic hydroxyl groups is 3. The molecule has 0 aliphatic carbocycles. The first kappa shape index (κ1) is 15.4. The summed E-state index contributed by atoms with van der Waals surface area (Å²) in [5, 5.41) is 32.7. The maximum absolute atomic E-state index is 10.1. The molecule has 9 nitrogen and oxygen atoms in total. The van der Waals surface area contributed by atoms with Crippen molar-refractivity contribution in [3.05, 3.63) is 6.33 Å².